The van der Waals surface area contributed by atoms with E-state index in [1.165, 1.54) is 0 Å². The molecule has 1 fully saturated rings. The van der Waals surface area contributed by atoms with Gasteiger partial charge in [-0.1, -0.05) is 23.7 Å². The van der Waals surface area contributed by atoms with Gasteiger partial charge in [-0.2, -0.15) is 0 Å². The second-order valence-corrected chi connectivity index (χ2v) is 7.32. The molecule has 4 amide bonds. The molecule has 152 valence electrons. The molecule has 1 aliphatic heterocycles. The Labute approximate surface area is 173 Å². The van der Waals surface area contributed by atoms with Gasteiger partial charge in [0.1, 0.15) is 12.4 Å². The molecule has 3 N–H and O–H groups in total. The normalized spacial score (nSPS) is 18.6. The van der Waals surface area contributed by atoms with E-state index in [0.717, 1.165) is 5.56 Å². The lowest BCUT2D eigenvalue weighted by atomic mass is 9.93. The highest BCUT2D eigenvalue weighted by atomic mass is 35.5. The molecule has 8 heteroatoms. The smallest absolute Gasteiger partial charge is 0.321 e. The van der Waals surface area contributed by atoms with Gasteiger partial charge in [-0.15, -0.1) is 0 Å². The highest BCUT2D eigenvalue weighted by Crippen LogP contribution is 2.19. The zero-order chi connectivity index (χ0) is 20.8. The van der Waals surface area contributed by atoms with Crippen LogP contribution in [0.5, 0.6) is 5.75 Å². The van der Waals surface area contributed by atoms with Gasteiger partial charge in [0.05, 0.1) is 5.92 Å². The van der Waals surface area contributed by atoms with E-state index >= 15 is 0 Å². The zero-order valence-corrected chi connectivity index (χ0v) is 16.7. The average molecular weight is 416 g/mol. The quantitative estimate of drug-likeness (QED) is 0.645. The van der Waals surface area contributed by atoms with Crippen molar-refractivity contribution in [2.75, 3.05) is 5.32 Å². The number of nitrogens with one attached hydrogen (secondary N) is 3. The molecule has 3 rings (SSSR count). The Morgan fingerprint density at radius 3 is 2.45 bits per heavy atom. The van der Waals surface area contributed by atoms with Crippen LogP contribution in [0.1, 0.15) is 25.3 Å². The standard InChI is InChI=1S/C21H22ClN3O4/c1-13-18(20(27)25-21(28)23-13)10-11-19(26)24-16-6-8-17(9-7-16)29-12-14-2-4-15(22)5-3-14/h2-9,13,18H,10-12H2,1H3,(H,24,26)(H2,23,25,27,28). The lowest BCUT2D eigenvalue weighted by molar-refractivity contribution is -0.126. The molecule has 1 saturated heterocycles. The maximum Gasteiger partial charge on any atom is 0.321 e. The lowest BCUT2D eigenvalue weighted by Gasteiger charge is -2.28. The molecule has 0 bridgehead atoms. The fraction of sp³-hybridized carbons (Fsp3) is 0.286. The molecule has 0 aliphatic carbocycles. The van der Waals surface area contributed by atoms with Crippen LogP contribution in [0, 0.1) is 5.92 Å². The largest absolute Gasteiger partial charge is 0.489 e. The minimum Gasteiger partial charge on any atom is -0.489 e. The zero-order valence-electron chi connectivity index (χ0n) is 15.9. The summed E-state index contributed by atoms with van der Waals surface area (Å²) in [4.78, 5) is 35.3. The van der Waals surface area contributed by atoms with E-state index in [0.29, 0.717) is 29.5 Å². The number of carbonyl (C=O) groups is 3. The molecular weight excluding hydrogens is 394 g/mol. The third-order valence-corrected chi connectivity index (χ3v) is 4.93. The number of urea groups is 1. The van der Waals surface area contributed by atoms with Gasteiger partial charge < -0.3 is 15.4 Å². The van der Waals surface area contributed by atoms with Crippen LogP contribution in [0.2, 0.25) is 5.02 Å². The molecule has 2 aromatic rings. The van der Waals surface area contributed by atoms with Crippen molar-refractivity contribution in [2.24, 2.45) is 5.92 Å². The summed E-state index contributed by atoms with van der Waals surface area (Å²) in [5.74, 6) is -0.295. The van der Waals surface area contributed by atoms with Crippen molar-refractivity contribution in [1.82, 2.24) is 10.6 Å². The number of ether oxygens (including phenoxy) is 1. The summed E-state index contributed by atoms with van der Waals surface area (Å²) in [5.41, 5.74) is 1.65. The summed E-state index contributed by atoms with van der Waals surface area (Å²) in [7, 11) is 0. The molecular formula is C21H22ClN3O4. The van der Waals surface area contributed by atoms with Gasteiger partial charge in [-0.05, 0) is 55.3 Å². The van der Waals surface area contributed by atoms with Crippen LogP contribution in [0.4, 0.5) is 10.5 Å². The van der Waals surface area contributed by atoms with E-state index in [1.807, 2.05) is 24.3 Å². The van der Waals surface area contributed by atoms with Crippen LogP contribution in [0.15, 0.2) is 48.5 Å². The van der Waals surface area contributed by atoms with Gasteiger partial charge >= 0.3 is 6.03 Å². The Morgan fingerprint density at radius 2 is 1.79 bits per heavy atom. The maximum absolute atomic E-state index is 12.2. The molecule has 0 saturated carbocycles. The van der Waals surface area contributed by atoms with E-state index in [4.69, 9.17) is 16.3 Å². The second kappa shape index (κ2) is 9.43. The summed E-state index contributed by atoms with van der Waals surface area (Å²) < 4.78 is 5.72. The molecule has 0 spiro atoms. The number of amides is 4. The number of imide groups is 1. The fourth-order valence-corrected chi connectivity index (χ4v) is 3.17. The minimum absolute atomic E-state index is 0.174. The van der Waals surface area contributed by atoms with Gasteiger partial charge in [-0.25, -0.2) is 4.79 Å². The van der Waals surface area contributed by atoms with Gasteiger partial charge in [-0.3, -0.25) is 14.9 Å². The Hall–Kier alpha value is -3.06. The van der Waals surface area contributed by atoms with E-state index < -0.39 is 11.9 Å². The SMILES string of the molecule is CC1NC(=O)NC(=O)C1CCC(=O)Nc1ccc(OCc2ccc(Cl)cc2)cc1. The fourth-order valence-electron chi connectivity index (χ4n) is 3.05. The first-order valence-corrected chi connectivity index (χ1v) is 9.67. The van der Waals surface area contributed by atoms with Gasteiger partial charge in [0, 0.05) is 23.2 Å². The van der Waals surface area contributed by atoms with Crippen molar-refractivity contribution in [3.05, 3.63) is 59.1 Å². The van der Waals surface area contributed by atoms with Crippen molar-refractivity contribution in [3.63, 3.8) is 0 Å². The number of hydrogen-bond acceptors (Lipinski definition) is 4. The van der Waals surface area contributed by atoms with Crippen LogP contribution >= 0.6 is 11.6 Å². The van der Waals surface area contributed by atoms with Crippen molar-refractivity contribution in [3.8, 4) is 5.75 Å². The number of carbonyl (C=O) groups excluding carboxylic acids is 3. The summed E-state index contributed by atoms with van der Waals surface area (Å²) in [6.07, 6.45) is 0.522. The van der Waals surface area contributed by atoms with E-state index in [1.54, 1.807) is 31.2 Å². The van der Waals surface area contributed by atoms with Crippen LogP contribution in [-0.4, -0.2) is 23.9 Å². The van der Waals surface area contributed by atoms with Gasteiger partial charge in [0.25, 0.3) is 0 Å². The predicted octanol–water partition coefficient (Wildman–Crippen LogP) is 3.48. The number of benzene rings is 2. The molecule has 7 nitrogen and oxygen atoms in total. The highest BCUT2D eigenvalue weighted by Gasteiger charge is 2.32. The summed E-state index contributed by atoms with van der Waals surface area (Å²) in [6, 6.07) is 13.7. The number of halogens is 1. The predicted molar refractivity (Wildman–Crippen MR) is 110 cm³/mol. The molecule has 29 heavy (non-hydrogen) atoms. The first-order valence-electron chi connectivity index (χ1n) is 9.29. The summed E-state index contributed by atoms with van der Waals surface area (Å²) in [5, 5.41) is 8.34. The first-order chi connectivity index (χ1) is 13.9. The van der Waals surface area contributed by atoms with Crippen molar-refractivity contribution in [2.45, 2.75) is 32.4 Å². The molecule has 2 aromatic carbocycles. The lowest BCUT2D eigenvalue weighted by Crippen LogP contribution is -2.57. The molecule has 0 aromatic heterocycles. The van der Waals surface area contributed by atoms with Crippen molar-refractivity contribution in [1.29, 1.82) is 0 Å². The van der Waals surface area contributed by atoms with Crippen LogP contribution in [0.3, 0.4) is 0 Å². The summed E-state index contributed by atoms with van der Waals surface area (Å²) >= 11 is 5.86. The summed E-state index contributed by atoms with van der Waals surface area (Å²) in [6.45, 7) is 2.17. The van der Waals surface area contributed by atoms with Crippen molar-refractivity contribution < 1.29 is 19.1 Å². The van der Waals surface area contributed by atoms with E-state index in [9.17, 15) is 14.4 Å². The van der Waals surface area contributed by atoms with Crippen molar-refractivity contribution >= 4 is 35.1 Å². The number of rotatable bonds is 7. The number of anilines is 1. The average Bonchev–Trinajstić information content (AvgIpc) is 2.68. The van der Waals surface area contributed by atoms with Crippen LogP contribution < -0.4 is 20.7 Å². The third-order valence-electron chi connectivity index (χ3n) is 4.68. The Bertz CT molecular complexity index is 884. The van der Waals surface area contributed by atoms with Crippen LogP contribution in [-0.2, 0) is 16.2 Å². The Kier molecular flexibility index (Phi) is 6.72. The topological polar surface area (TPSA) is 96.5 Å². The molecule has 1 heterocycles. The second-order valence-electron chi connectivity index (χ2n) is 6.88. The van der Waals surface area contributed by atoms with Crippen LogP contribution in [0.25, 0.3) is 0 Å². The first kappa shape index (κ1) is 20.7. The Balaban J connectivity index is 1.45. The molecule has 0 radical (unpaired) electrons. The molecule has 2 atom stereocenters. The molecule has 2 unspecified atom stereocenters. The maximum atomic E-state index is 12.2. The Morgan fingerprint density at radius 1 is 1.10 bits per heavy atom. The minimum atomic E-state index is -0.499. The van der Waals surface area contributed by atoms with E-state index in [2.05, 4.69) is 16.0 Å². The third kappa shape index (κ3) is 5.96. The van der Waals surface area contributed by atoms with E-state index in [-0.39, 0.29) is 24.3 Å². The molecule has 1 aliphatic rings. The highest BCUT2D eigenvalue weighted by molar-refractivity contribution is 6.30. The van der Waals surface area contributed by atoms with Gasteiger partial charge in [0.15, 0.2) is 0 Å². The number of hydrogen-bond donors (Lipinski definition) is 3. The monoisotopic (exact) mass is 415 g/mol. The van der Waals surface area contributed by atoms with Gasteiger partial charge in [0.2, 0.25) is 11.8 Å².